The van der Waals surface area contributed by atoms with Crippen molar-refractivity contribution in [1.82, 2.24) is 0 Å². The number of fused-ring (bicyclic) bond motifs is 2. The lowest BCUT2D eigenvalue weighted by Gasteiger charge is -2.23. The molecule has 2 N–H and O–H groups in total. The smallest absolute Gasteiger partial charge is 0.221 e. The zero-order valence-electron chi connectivity index (χ0n) is 31.1. The second kappa shape index (κ2) is 14.2. The van der Waals surface area contributed by atoms with Crippen molar-refractivity contribution in [2.45, 2.75) is 41.5 Å². The number of nitriles is 1. The molecule has 0 heterocycles. The van der Waals surface area contributed by atoms with E-state index >= 15 is 0 Å². The van der Waals surface area contributed by atoms with Gasteiger partial charge in [-0.15, -0.1) is 0 Å². The van der Waals surface area contributed by atoms with Crippen LogP contribution in [0, 0.1) is 45.6 Å². The van der Waals surface area contributed by atoms with E-state index in [2.05, 4.69) is 70.1 Å². The predicted octanol–water partition coefficient (Wildman–Crippen LogP) is 12.2. The van der Waals surface area contributed by atoms with E-state index in [0.29, 0.717) is 22.6 Å². The van der Waals surface area contributed by atoms with E-state index < -0.39 is 0 Å². The monoisotopic (exact) mass is 702 g/mol. The van der Waals surface area contributed by atoms with Crippen LogP contribution in [-0.4, -0.2) is 11.8 Å². The highest BCUT2D eigenvalue weighted by molar-refractivity contribution is 6.16. The third kappa shape index (κ3) is 6.25. The first-order chi connectivity index (χ1) is 26.0. The lowest BCUT2D eigenvalue weighted by atomic mass is 9.86. The molecule has 0 radical (unpaired) electrons. The minimum atomic E-state index is -0.275. The third-order valence-corrected chi connectivity index (χ3v) is 10.1. The summed E-state index contributed by atoms with van der Waals surface area (Å²) in [4.78, 5) is 29.9. The molecule has 0 aromatic heterocycles. The summed E-state index contributed by atoms with van der Waals surface area (Å²) in [6, 6.07) is 39.2. The maximum absolute atomic E-state index is 13.1. The van der Waals surface area contributed by atoms with Gasteiger partial charge in [0.2, 0.25) is 11.8 Å². The Morgan fingerprint density at radius 1 is 0.556 bits per heavy atom. The van der Waals surface area contributed by atoms with Gasteiger partial charge >= 0.3 is 0 Å². The van der Waals surface area contributed by atoms with Crippen molar-refractivity contribution >= 4 is 50.4 Å². The molecule has 7 aromatic rings. The summed E-state index contributed by atoms with van der Waals surface area (Å²) in [7, 11) is 0. The molecule has 7 rings (SSSR count). The minimum Gasteiger partial charge on any atom is -0.324 e. The summed E-state index contributed by atoms with van der Waals surface area (Å²) >= 11 is 0. The Bertz CT molecular complexity index is 2550. The predicted molar refractivity (Wildman–Crippen MR) is 222 cm³/mol. The molecule has 0 aliphatic carbocycles. The molecule has 262 valence electrons. The molecule has 6 heteroatoms. The second-order valence-electron chi connectivity index (χ2n) is 13.9. The Labute approximate surface area is 315 Å². The first kappa shape index (κ1) is 35.4. The molecule has 0 atom stereocenters. The van der Waals surface area contributed by atoms with E-state index in [4.69, 9.17) is 6.57 Å². The number of rotatable bonds is 6. The maximum atomic E-state index is 13.1. The second-order valence-corrected chi connectivity index (χ2v) is 13.9. The summed E-state index contributed by atoms with van der Waals surface area (Å²) < 4.78 is 0. The number of carbonyl (C=O) groups excluding carboxylic acids is 2. The van der Waals surface area contributed by atoms with Crippen LogP contribution in [0.4, 0.5) is 17.1 Å². The molecular formula is C48H38N4O2. The van der Waals surface area contributed by atoms with Gasteiger partial charge in [-0.3, -0.25) is 9.59 Å². The molecule has 0 aliphatic rings. The first-order valence-corrected chi connectivity index (χ1v) is 17.8. The number of benzene rings is 7. The summed E-state index contributed by atoms with van der Waals surface area (Å²) in [6.45, 7) is 18.5. The number of nitrogens with one attached hydrogen (secondary N) is 2. The normalized spacial score (nSPS) is 10.9. The molecule has 0 saturated carbocycles. The highest BCUT2D eigenvalue weighted by Gasteiger charge is 2.23. The van der Waals surface area contributed by atoms with Gasteiger partial charge in [0.05, 0.1) is 29.6 Å². The topological polar surface area (TPSA) is 86.3 Å². The molecule has 6 nitrogen and oxygen atoms in total. The SMILES string of the molecule is [C-]#[N+]c1c(C)cc(-c2cccc3cccc(-c4ccc(-c5cccc6cccc(-c7cc(C)c(C#N)c(C)c7)c56)c(NC(C)=O)c4NC(C)=O)c23)cc1C. The van der Waals surface area contributed by atoms with Crippen LogP contribution in [0.1, 0.15) is 41.7 Å². The average molecular weight is 703 g/mol. The van der Waals surface area contributed by atoms with Crippen LogP contribution in [0.25, 0.3) is 70.9 Å². The van der Waals surface area contributed by atoms with Crippen LogP contribution in [0.5, 0.6) is 0 Å². The van der Waals surface area contributed by atoms with Gasteiger partial charge in [-0.05, 0) is 105 Å². The van der Waals surface area contributed by atoms with Crippen molar-refractivity contribution in [2.24, 2.45) is 0 Å². The van der Waals surface area contributed by atoms with Gasteiger partial charge in [0.15, 0.2) is 5.69 Å². The summed E-state index contributed by atoms with van der Waals surface area (Å²) in [5.41, 5.74) is 13.2. The number of amides is 2. The summed E-state index contributed by atoms with van der Waals surface area (Å²) in [6.07, 6.45) is 0. The van der Waals surface area contributed by atoms with Crippen LogP contribution >= 0.6 is 0 Å². The van der Waals surface area contributed by atoms with Gasteiger partial charge in [-0.25, -0.2) is 4.85 Å². The Hall–Kier alpha value is -7.02. The average Bonchev–Trinajstić information content (AvgIpc) is 3.14. The Morgan fingerprint density at radius 2 is 0.926 bits per heavy atom. The Kier molecular flexibility index (Phi) is 9.30. The zero-order chi connectivity index (χ0) is 38.3. The van der Waals surface area contributed by atoms with E-state index in [1.807, 2.05) is 88.4 Å². The lowest BCUT2D eigenvalue weighted by Crippen LogP contribution is -2.14. The van der Waals surface area contributed by atoms with Gasteiger partial charge in [-0.2, -0.15) is 5.26 Å². The molecule has 0 unspecified atom stereocenters. The number of carbonyl (C=O) groups is 2. The molecule has 0 fully saturated rings. The fourth-order valence-electron chi connectivity index (χ4n) is 7.86. The summed E-state index contributed by atoms with van der Waals surface area (Å²) in [5, 5.41) is 20.0. The molecular weight excluding hydrogens is 665 g/mol. The van der Waals surface area contributed by atoms with Crippen molar-refractivity contribution in [3.63, 3.8) is 0 Å². The quantitative estimate of drug-likeness (QED) is 0.169. The molecule has 7 aromatic carbocycles. The van der Waals surface area contributed by atoms with Gasteiger partial charge < -0.3 is 10.6 Å². The van der Waals surface area contributed by atoms with Gasteiger partial charge in [0.1, 0.15) is 0 Å². The van der Waals surface area contributed by atoms with Crippen LogP contribution in [0.15, 0.2) is 109 Å². The van der Waals surface area contributed by atoms with Crippen LogP contribution < -0.4 is 10.6 Å². The van der Waals surface area contributed by atoms with Gasteiger partial charge in [0, 0.05) is 25.0 Å². The fraction of sp³-hybridized carbons (Fsp3) is 0.125. The van der Waals surface area contributed by atoms with E-state index in [9.17, 15) is 14.9 Å². The van der Waals surface area contributed by atoms with Crippen molar-refractivity contribution in [1.29, 1.82) is 5.26 Å². The number of hydrogen-bond donors (Lipinski definition) is 2. The molecule has 0 spiro atoms. The molecule has 54 heavy (non-hydrogen) atoms. The van der Waals surface area contributed by atoms with E-state index in [1.165, 1.54) is 13.8 Å². The lowest BCUT2D eigenvalue weighted by molar-refractivity contribution is -0.115. The maximum Gasteiger partial charge on any atom is 0.221 e. The van der Waals surface area contributed by atoms with Crippen LogP contribution in [-0.2, 0) is 9.59 Å². The van der Waals surface area contributed by atoms with Crippen molar-refractivity contribution in [2.75, 3.05) is 10.6 Å². The highest BCUT2D eigenvalue weighted by atomic mass is 16.2. The largest absolute Gasteiger partial charge is 0.324 e. The van der Waals surface area contributed by atoms with Crippen molar-refractivity contribution < 1.29 is 9.59 Å². The van der Waals surface area contributed by atoms with Gasteiger partial charge in [-0.1, -0.05) is 109 Å². The Balaban J connectivity index is 1.54. The number of hydrogen-bond acceptors (Lipinski definition) is 3. The van der Waals surface area contributed by atoms with Crippen LogP contribution in [0.3, 0.4) is 0 Å². The molecule has 0 saturated heterocycles. The number of aryl methyl sites for hydroxylation is 4. The summed E-state index contributed by atoms with van der Waals surface area (Å²) in [5.74, 6) is -0.549. The van der Waals surface area contributed by atoms with Crippen LogP contribution in [0.2, 0.25) is 0 Å². The van der Waals surface area contributed by atoms with Crippen molar-refractivity contribution in [3.05, 3.63) is 148 Å². The minimum absolute atomic E-state index is 0.274. The first-order valence-electron chi connectivity index (χ1n) is 17.8. The number of nitrogens with zero attached hydrogens (tertiary/aromatic N) is 2. The van der Waals surface area contributed by atoms with Crippen molar-refractivity contribution in [3.8, 4) is 50.6 Å². The zero-order valence-corrected chi connectivity index (χ0v) is 31.1. The Morgan fingerprint density at radius 3 is 1.28 bits per heavy atom. The van der Waals surface area contributed by atoms with Gasteiger partial charge in [0.25, 0.3) is 0 Å². The van der Waals surface area contributed by atoms with E-state index in [-0.39, 0.29) is 11.8 Å². The highest BCUT2D eigenvalue weighted by Crippen LogP contribution is 2.48. The molecule has 0 aliphatic heterocycles. The molecule has 2 amide bonds. The van der Waals surface area contributed by atoms with E-state index in [1.54, 1.807) is 0 Å². The van der Waals surface area contributed by atoms with E-state index in [0.717, 1.165) is 88.3 Å². The molecule has 0 bridgehead atoms. The third-order valence-electron chi connectivity index (χ3n) is 10.1. The standard InChI is InChI=1S/C48H38N4O2/c1-27-22-35(23-28(2)43(27)26-49)37-16-8-12-33-14-10-18-39(44(33)37)41-20-21-42(48(52-32(6)54)47(41)51-31(5)53)40-19-11-15-34-13-9-17-38(45(34)40)36-24-29(3)46(50-7)30(4)25-36/h8-25H,1-6H3,(H,51,53)(H,52,54). The fourth-order valence-corrected chi connectivity index (χ4v) is 7.86. The number of anilines is 2.